The Hall–Kier alpha value is -3.48. The molecular formula is C23H25N5O2. The summed E-state index contributed by atoms with van der Waals surface area (Å²) in [6.45, 7) is 6.57. The van der Waals surface area contributed by atoms with Crippen LogP contribution in [-0.2, 0) is 4.74 Å². The minimum atomic E-state index is -0.363. The first kappa shape index (κ1) is 19.8. The summed E-state index contributed by atoms with van der Waals surface area (Å²) in [5, 5.41) is 3.33. The van der Waals surface area contributed by atoms with E-state index in [-0.39, 0.29) is 24.1 Å². The highest BCUT2D eigenvalue weighted by Gasteiger charge is 2.37. The molecule has 1 aliphatic heterocycles. The Balaban J connectivity index is 1.49. The number of benzene rings is 1. The second kappa shape index (κ2) is 8.49. The molecule has 0 bridgehead atoms. The van der Waals surface area contributed by atoms with Crippen molar-refractivity contribution in [3.63, 3.8) is 0 Å². The van der Waals surface area contributed by atoms with Crippen molar-refractivity contribution in [1.82, 2.24) is 15.0 Å². The van der Waals surface area contributed by atoms with E-state index in [9.17, 15) is 4.79 Å². The van der Waals surface area contributed by atoms with Crippen LogP contribution in [0.3, 0.4) is 0 Å². The van der Waals surface area contributed by atoms with Crippen LogP contribution in [-0.4, -0.2) is 33.7 Å². The van der Waals surface area contributed by atoms with E-state index in [2.05, 4.69) is 65.3 Å². The minimum absolute atomic E-state index is 0.00170. The number of hydrogen-bond acceptors (Lipinski definition) is 6. The topological polar surface area (TPSA) is 80.2 Å². The van der Waals surface area contributed by atoms with Gasteiger partial charge in [0.15, 0.2) is 0 Å². The fourth-order valence-electron chi connectivity index (χ4n) is 3.53. The smallest absolute Gasteiger partial charge is 0.415 e. The lowest BCUT2D eigenvalue weighted by Crippen LogP contribution is -2.37. The number of rotatable bonds is 6. The molecule has 1 aliphatic rings. The molecule has 0 radical (unpaired) electrons. The van der Waals surface area contributed by atoms with Crippen LogP contribution in [0.15, 0.2) is 61.1 Å². The number of carbonyl (C=O) groups is 1. The van der Waals surface area contributed by atoms with E-state index in [0.717, 1.165) is 16.7 Å². The van der Waals surface area contributed by atoms with Gasteiger partial charge in [0.25, 0.3) is 0 Å². The van der Waals surface area contributed by atoms with Gasteiger partial charge >= 0.3 is 6.09 Å². The van der Waals surface area contributed by atoms with E-state index in [1.54, 1.807) is 29.6 Å². The predicted octanol–water partition coefficient (Wildman–Crippen LogP) is 4.69. The Kier molecular flexibility index (Phi) is 5.61. The molecule has 1 amide bonds. The van der Waals surface area contributed by atoms with Crippen LogP contribution < -0.4 is 10.2 Å². The third-order valence-corrected chi connectivity index (χ3v) is 5.33. The molecule has 4 rings (SSSR count). The zero-order chi connectivity index (χ0) is 21.1. The first-order chi connectivity index (χ1) is 14.5. The number of anilines is 2. The molecular weight excluding hydrogens is 378 g/mol. The van der Waals surface area contributed by atoms with Gasteiger partial charge in [-0.05, 0) is 47.7 Å². The largest absolute Gasteiger partial charge is 0.447 e. The predicted molar refractivity (Wildman–Crippen MR) is 116 cm³/mol. The fraction of sp³-hybridized carbons (Fsp3) is 0.304. The molecule has 0 aliphatic carbocycles. The third-order valence-electron chi connectivity index (χ3n) is 5.33. The van der Waals surface area contributed by atoms with E-state index in [1.807, 2.05) is 12.1 Å². The molecule has 1 fully saturated rings. The van der Waals surface area contributed by atoms with E-state index in [0.29, 0.717) is 18.4 Å². The standard InChI is InChI=1S/C23H25N5O2/c1-15(2)20-14-30-23(29)28(20)21-10-13-25-22(27-21)26-16(3)17-4-6-18(7-5-17)19-8-11-24-12-9-19/h4-13,15-16,20H,14H2,1-3H3,(H,25,26,27)/t16-,20?/m0/s1. The average Bonchev–Trinajstić information content (AvgIpc) is 3.16. The second-order valence-electron chi connectivity index (χ2n) is 7.72. The molecule has 154 valence electrons. The Morgan fingerprint density at radius 3 is 2.40 bits per heavy atom. The number of amides is 1. The van der Waals surface area contributed by atoms with Crippen LogP contribution in [0.25, 0.3) is 11.1 Å². The van der Waals surface area contributed by atoms with E-state index >= 15 is 0 Å². The summed E-state index contributed by atoms with van der Waals surface area (Å²) in [6.07, 6.45) is 4.88. The first-order valence-electron chi connectivity index (χ1n) is 10.1. The lowest BCUT2D eigenvalue weighted by Gasteiger charge is -2.23. The molecule has 0 saturated carbocycles. The molecule has 2 aromatic heterocycles. The van der Waals surface area contributed by atoms with Crippen LogP contribution >= 0.6 is 0 Å². The van der Waals surface area contributed by atoms with Gasteiger partial charge in [0.05, 0.1) is 12.1 Å². The number of cyclic esters (lactones) is 1. The SMILES string of the molecule is CC(C)C1COC(=O)N1c1ccnc(N[C@@H](C)c2ccc(-c3ccncc3)cc2)n1. The van der Waals surface area contributed by atoms with Crippen molar-refractivity contribution in [3.05, 3.63) is 66.6 Å². The van der Waals surface area contributed by atoms with Crippen LogP contribution in [0.5, 0.6) is 0 Å². The summed E-state index contributed by atoms with van der Waals surface area (Å²) >= 11 is 0. The molecule has 1 N–H and O–H groups in total. The molecule has 1 aromatic carbocycles. The lowest BCUT2D eigenvalue weighted by molar-refractivity contribution is 0.177. The van der Waals surface area contributed by atoms with Crippen molar-refractivity contribution in [3.8, 4) is 11.1 Å². The summed E-state index contributed by atoms with van der Waals surface area (Å²) in [5.41, 5.74) is 3.38. The van der Waals surface area contributed by atoms with Gasteiger partial charge in [-0.1, -0.05) is 38.1 Å². The fourth-order valence-corrected chi connectivity index (χ4v) is 3.53. The zero-order valence-corrected chi connectivity index (χ0v) is 17.3. The van der Waals surface area contributed by atoms with Gasteiger partial charge in [-0.2, -0.15) is 4.98 Å². The van der Waals surface area contributed by atoms with Gasteiger partial charge in [0.1, 0.15) is 12.4 Å². The molecule has 0 spiro atoms. The molecule has 1 saturated heterocycles. The highest BCUT2D eigenvalue weighted by atomic mass is 16.6. The van der Waals surface area contributed by atoms with Gasteiger partial charge in [-0.15, -0.1) is 0 Å². The van der Waals surface area contributed by atoms with Crippen LogP contribution in [0.1, 0.15) is 32.4 Å². The van der Waals surface area contributed by atoms with Gasteiger partial charge in [-0.25, -0.2) is 9.78 Å². The molecule has 2 atom stereocenters. The van der Waals surface area contributed by atoms with E-state index in [1.165, 1.54) is 0 Å². The number of aromatic nitrogens is 3. The van der Waals surface area contributed by atoms with Crippen molar-refractivity contribution in [2.45, 2.75) is 32.9 Å². The number of nitrogens with zero attached hydrogens (tertiary/aromatic N) is 4. The maximum Gasteiger partial charge on any atom is 0.415 e. The van der Waals surface area contributed by atoms with Crippen molar-refractivity contribution in [1.29, 1.82) is 0 Å². The van der Waals surface area contributed by atoms with Crippen molar-refractivity contribution >= 4 is 17.9 Å². The van der Waals surface area contributed by atoms with Crippen LogP contribution in [0.4, 0.5) is 16.6 Å². The number of pyridine rings is 1. The Bertz CT molecular complexity index is 1010. The van der Waals surface area contributed by atoms with Crippen molar-refractivity contribution in [2.75, 3.05) is 16.8 Å². The highest BCUT2D eigenvalue weighted by molar-refractivity contribution is 5.89. The monoisotopic (exact) mass is 403 g/mol. The maximum atomic E-state index is 12.2. The highest BCUT2D eigenvalue weighted by Crippen LogP contribution is 2.27. The van der Waals surface area contributed by atoms with Crippen LogP contribution in [0, 0.1) is 5.92 Å². The molecule has 30 heavy (non-hydrogen) atoms. The first-order valence-corrected chi connectivity index (χ1v) is 10.1. The molecule has 1 unspecified atom stereocenters. The van der Waals surface area contributed by atoms with Crippen molar-refractivity contribution in [2.24, 2.45) is 5.92 Å². The zero-order valence-electron chi connectivity index (χ0n) is 17.3. The van der Waals surface area contributed by atoms with Crippen LogP contribution in [0.2, 0.25) is 0 Å². The summed E-state index contributed by atoms with van der Waals surface area (Å²) in [4.78, 5) is 26.8. The average molecular weight is 403 g/mol. The number of nitrogens with one attached hydrogen (secondary N) is 1. The number of carbonyl (C=O) groups excluding carboxylic acids is 1. The van der Waals surface area contributed by atoms with Gasteiger partial charge in [0.2, 0.25) is 5.95 Å². The van der Waals surface area contributed by atoms with Gasteiger partial charge in [0, 0.05) is 18.6 Å². The Labute approximate surface area is 176 Å². The Morgan fingerprint density at radius 2 is 1.70 bits per heavy atom. The third kappa shape index (κ3) is 4.10. The van der Waals surface area contributed by atoms with Gasteiger partial charge in [-0.3, -0.25) is 9.88 Å². The molecule has 3 heterocycles. The Morgan fingerprint density at radius 1 is 1.00 bits per heavy atom. The van der Waals surface area contributed by atoms with Crippen molar-refractivity contribution < 1.29 is 9.53 Å². The number of hydrogen-bond donors (Lipinski definition) is 1. The normalized spacial score (nSPS) is 17.1. The van der Waals surface area contributed by atoms with E-state index in [4.69, 9.17) is 4.74 Å². The molecule has 3 aromatic rings. The minimum Gasteiger partial charge on any atom is -0.447 e. The van der Waals surface area contributed by atoms with E-state index < -0.39 is 0 Å². The lowest BCUT2D eigenvalue weighted by atomic mass is 10.0. The summed E-state index contributed by atoms with van der Waals surface area (Å²) < 4.78 is 5.23. The summed E-state index contributed by atoms with van der Waals surface area (Å²) in [7, 11) is 0. The van der Waals surface area contributed by atoms with Gasteiger partial charge < -0.3 is 10.1 Å². The second-order valence-corrected chi connectivity index (χ2v) is 7.72. The molecule has 7 nitrogen and oxygen atoms in total. The summed E-state index contributed by atoms with van der Waals surface area (Å²) in [6, 6.07) is 14.0. The maximum absolute atomic E-state index is 12.2. The molecule has 7 heteroatoms. The quantitative estimate of drug-likeness (QED) is 0.643. The number of ether oxygens (including phenoxy) is 1. The summed E-state index contributed by atoms with van der Waals surface area (Å²) in [5.74, 6) is 1.29.